The summed E-state index contributed by atoms with van der Waals surface area (Å²) in [5, 5.41) is 0.265. The summed E-state index contributed by atoms with van der Waals surface area (Å²) in [6.45, 7) is 4.49. The molecule has 1 aromatic heterocycles. The second-order valence-electron chi connectivity index (χ2n) is 5.52. The van der Waals surface area contributed by atoms with Gasteiger partial charge in [-0.3, -0.25) is 4.90 Å². The van der Waals surface area contributed by atoms with Gasteiger partial charge in [-0.15, -0.1) is 0 Å². The molecule has 7 nitrogen and oxygen atoms in total. The lowest BCUT2D eigenvalue weighted by Crippen LogP contribution is -2.50. The summed E-state index contributed by atoms with van der Waals surface area (Å²) in [7, 11) is -3.56. The molecule has 0 spiro atoms. The second-order valence-corrected chi connectivity index (χ2v) is 8.52. The standard InChI is InChI=1S/C12H20N4O3S2/c1-8-11(20-12(13)15-8)21(17,18)14-5-10-6-16-4-2-3-9(16)7-19-10/h9-10,14H,2-7H2,1H3,(H2,13,15). The van der Waals surface area contributed by atoms with Gasteiger partial charge in [0.25, 0.3) is 10.0 Å². The van der Waals surface area contributed by atoms with Gasteiger partial charge >= 0.3 is 0 Å². The van der Waals surface area contributed by atoms with Crippen molar-refractivity contribution in [2.75, 3.05) is 32.0 Å². The van der Waals surface area contributed by atoms with E-state index in [4.69, 9.17) is 10.5 Å². The van der Waals surface area contributed by atoms with Crippen LogP contribution in [0.25, 0.3) is 0 Å². The van der Waals surface area contributed by atoms with E-state index < -0.39 is 10.0 Å². The van der Waals surface area contributed by atoms with Crippen molar-refractivity contribution in [2.24, 2.45) is 0 Å². The van der Waals surface area contributed by atoms with E-state index in [0.717, 1.165) is 24.4 Å². The predicted molar refractivity (Wildman–Crippen MR) is 80.8 cm³/mol. The number of anilines is 1. The Hall–Kier alpha value is -0.740. The number of morpholine rings is 1. The number of fused-ring (bicyclic) bond motifs is 1. The number of rotatable bonds is 4. The van der Waals surface area contributed by atoms with Crippen molar-refractivity contribution < 1.29 is 13.2 Å². The Labute approximate surface area is 128 Å². The van der Waals surface area contributed by atoms with Crippen LogP contribution in [-0.4, -0.2) is 56.7 Å². The van der Waals surface area contributed by atoms with E-state index in [2.05, 4.69) is 14.6 Å². The minimum Gasteiger partial charge on any atom is -0.375 e. The molecular weight excluding hydrogens is 312 g/mol. The second kappa shape index (κ2) is 5.81. The quantitative estimate of drug-likeness (QED) is 0.816. The van der Waals surface area contributed by atoms with Gasteiger partial charge in [-0.25, -0.2) is 18.1 Å². The molecule has 3 rings (SSSR count). The maximum absolute atomic E-state index is 12.3. The number of thiazole rings is 1. The Bertz CT molecular complexity index is 616. The van der Waals surface area contributed by atoms with Gasteiger partial charge in [-0.05, 0) is 26.3 Å². The van der Waals surface area contributed by atoms with Crippen LogP contribution in [-0.2, 0) is 14.8 Å². The molecule has 0 aromatic carbocycles. The number of nitrogens with two attached hydrogens (primary N) is 1. The summed E-state index contributed by atoms with van der Waals surface area (Å²) in [4.78, 5) is 6.34. The summed E-state index contributed by atoms with van der Waals surface area (Å²) in [6, 6.07) is 0.515. The predicted octanol–water partition coefficient (Wildman–Crippen LogP) is 0.175. The summed E-state index contributed by atoms with van der Waals surface area (Å²) in [5.74, 6) is 0. The van der Waals surface area contributed by atoms with Gasteiger partial charge in [0.1, 0.15) is 0 Å². The number of nitrogens with one attached hydrogen (secondary N) is 1. The molecule has 2 aliphatic heterocycles. The van der Waals surface area contributed by atoms with Crippen molar-refractivity contribution in [2.45, 2.75) is 36.1 Å². The van der Waals surface area contributed by atoms with Gasteiger partial charge in [0.05, 0.1) is 18.4 Å². The Morgan fingerprint density at radius 1 is 1.57 bits per heavy atom. The third kappa shape index (κ3) is 3.21. The minimum atomic E-state index is -3.56. The molecule has 0 bridgehead atoms. The summed E-state index contributed by atoms with van der Waals surface area (Å²) < 4.78 is 33.1. The van der Waals surface area contributed by atoms with Crippen molar-refractivity contribution in [1.82, 2.24) is 14.6 Å². The normalized spacial score (nSPS) is 26.9. The van der Waals surface area contributed by atoms with Gasteiger partial charge < -0.3 is 10.5 Å². The zero-order valence-corrected chi connectivity index (χ0v) is 13.5. The molecule has 2 unspecified atom stereocenters. The first-order chi connectivity index (χ1) is 9.95. The molecular formula is C12H20N4O3S2. The smallest absolute Gasteiger partial charge is 0.252 e. The number of hydrogen-bond donors (Lipinski definition) is 2. The van der Waals surface area contributed by atoms with Gasteiger partial charge in [-0.2, -0.15) is 0 Å². The first kappa shape index (κ1) is 15.2. The van der Waals surface area contributed by atoms with Crippen LogP contribution < -0.4 is 10.5 Å². The van der Waals surface area contributed by atoms with E-state index in [1.165, 1.54) is 12.8 Å². The van der Waals surface area contributed by atoms with Crippen LogP contribution in [0.1, 0.15) is 18.5 Å². The van der Waals surface area contributed by atoms with Crippen molar-refractivity contribution >= 4 is 26.5 Å². The molecule has 0 amide bonds. The third-order valence-electron chi connectivity index (χ3n) is 3.98. The Kier molecular flexibility index (Phi) is 4.19. The lowest BCUT2D eigenvalue weighted by molar-refractivity contribution is -0.0448. The molecule has 2 aliphatic rings. The Morgan fingerprint density at radius 3 is 3.10 bits per heavy atom. The first-order valence-electron chi connectivity index (χ1n) is 7.04. The SMILES string of the molecule is Cc1nc(N)sc1S(=O)(=O)NCC1CN2CCCC2CO1. The molecule has 0 saturated carbocycles. The highest BCUT2D eigenvalue weighted by molar-refractivity contribution is 7.91. The maximum Gasteiger partial charge on any atom is 0.252 e. The fraction of sp³-hybridized carbons (Fsp3) is 0.750. The van der Waals surface area contributed by atoms with E-state index in [9.17, 15) is 8.42 Å². The highest BCUT2D eigenvalue weighted by Gasteiger charge is 2.33. The zero-order valence-electron chi connectivity index (χ0n) is 11.9. The number of ether oxygens (including phenoxy) is 1. The highest BCUT2D eigenvalue weighted by Crippen LogP contribution is 2.25. The molecule has 21 heavy (non-hydrogen) atoms. The van der Waals surface area contributed by atoms with Gasteiger partial charge in [0, 0.05) is 19.1 Å². The van der Waals surface area contributed by atoms with Crippen LogP contribution in [0.5, 0.6) is 0 Å². The van der Waals surface area contributed by atoms with E-state index in [0.29, 0.717) is 18.3 Å². The van der Waals surface area contributed by atoms with Crippen LogP contribution in [0.4, 0.5) is 5.13 Å². The molecule has 0 aliphatic carbocycles. The van der Waals surface area contributed by atoms with Crippen LogP contribution >= 0.6 is 11.3 Å². The fourth-order valence-electron chi connectivity index (χ4n) is 2.93. The summed E-state index contributed by atoms with van der Waals surface area (Å²) >= 11 is 0.988. The van der Waals surface area contributed by atoms with Crippen LogP contribution in [0.2, 0.25) is 0 Å². The maximum atomic E-state index is 12.3. The monoisotopic (exact) mass is 332 g/mol. The number of sulfonamides is 1. The molecule has 118 valence electrons. The third-order valence-corrected chi connectivity index (χ3v) is 7.00. The van der Waals surface area contributed by atoms with E-state index in [1.807, 2.05) is 0 Å². The Morgan fingerprint density at radius 2 is 2.38 bits per heavy atom. The van der Waals surface area contributed by atoms with Crippen molar-refractivity contribution in [3.63, 3.8) is 0 Å². The van der Waals surface area contributed by atoms with E-state index in [1.54, 1.807) is 6.92 Å². The van der Waals surface area contributed by atoms with Gasteiger partial charge in [-0.1, -0.05) is 11.3 Å². The molecule has 2 atom stereocenters. The highest BCUT2D eigenvalue weighted by atomic mass is 32.2. The topological polar surface area (TPSA) is 97.5 Å². The summed E-state index contributed by atoms with van der Waals surface area (Å²) in [5.41, 5.74) is 6.00. The largest absolute Gasteiger partial charge is 0.375 e. The number of hydrogen-bond acceptors (Lipinski definition) is 7. The number of nitrogen functional groups attached to an aromatic ring is 1. The average Bonchev–Trinajstić information content (AvgIpc) is 3.02. The van der Waals surface area contributed by atoms with Crippen molar-refractivity contribution in [1.29, 1.82) is 0 Å². The number of nitrogens with zero attached hydrogens (tertiary/aromatic N) is 2. The van der Waals surface area contributed by atoms with Crippen LogP contribution in [0.3, 0.4) is 0 Å². The van der Waals surface area contributed by atoms with Crippen molar-refractivity contribution in [3.8, 4) is 0 Å². The first-order valence-corrected chi connectivity index (χ1v) is 9.34. The number of aryl methyl sites for hydroxylation is 1. The lowest BCUT2D eigenvalue weighted by atomic mass is 10.2. The molecule has 0 radical (unpaired) electrons. The lowest BCUT2D eigenvalue weighted by Gasteiger charge is -2.35. The van der Waals surface area contributed by atoms with Gasteiger partial charge in [0.15, 0.2) is 9.34 Å². The Balaban J connectivity index is 1.60. The molecule has 9 heteroatoms. The molecule has 3 heterocycles. The fourth-order valence-corrected chi connectivity index (χ4v) is 5.34. The van der Waals surface area contributed by atoms with E-state index >= 15 is 0 Å². The molecule has 3 N–H and O–H groups in total. The molecule has 2 saturated heterocycles. The zero-order chi connectivity index (χ0) is 15.0. The minimum absolute atomic E-state index is 0.0975. The number of aromatic nitrogens is 1. The molecule has 2 fully saturated rings. The molecule has 1 aromatic rings. The average molecular weight is 332 g/mol. The van der Waals surface area contributed by atoms with E-state index in [-0.39, 0.29) is 22.0 Å². The van der Waals surface area contributed by atoms with Crippen LogP contribution in [0.15, 0.2) is 4.21 Å². The van der Waals surface area contributed by atoms with Gasteiger partial charge in [0.2, 0.25) is 0 Å². The van der Waals surface area contributed by atoms with Crippen LogP contribution in [0, 0.1) is 6.92 Å². The van der Waals surface area contributed by atoms with Crippen molar-refractivity contribution in [3.05, 3.63) is 5.69 Å². The summed E-state index contributed by atoms with van der Waals surface area (Å²) in [6.07, 6.45) is 2.28.